The Balaban J connectivity index is 0.974. The summed E-state index contributed by atoms with van der Waals surface area (Å²) in [6.45, 7) is 0. The van der Waals surface area contributed by atoms with Crippen LogP contribution in [-0.4, -0.2) is 9.55 Å². The van der Waals surface area contributed by atoms with Crippen molar-refractivity contribution in [3.05, 3.63) is 224 Å². The Kier molecular flexibility index (Phi) is 8.13. The van der Waals surface area contributed by atoms with Crippen LogP contribution in [0.15, 0.2) is 229 Å². The van der Waals surface area contributed by atoms with Crippen molar-refractivity contribution in [2.45, 2.75) is 0 Å². The van der Waals surface area contributed by atoms with Gasteiger partial charge in [0.15, 0.2) is 5.58 Å². The maximum Gasteiger partial charge on any atom is 0.227 e. The Bertz CT molecular complexity index is 3570. The van der Waals surface area contributed by atoms with E-state index in [1.807, 2.05) is 36.4 Å². The topological polar surface area (TPSA) is 34.2 Å². The number of nitrogens with zero attached hydrogens (tertiary/aromatic N) is 3. The van der Waals surface area contributed by atoms with Crippen LogP contribution in [0.5, 0.6) is 0 Å². The Hall–Kier alpha value is -8.21. The molecule has 286 valence electrons. The van der Waals surface area contributed by atoms with Gasteiger partial charge in [0.05, 0.1) is 11.0 Å². The molecule has 61 heavy (non-hydrogen) atoms. The Morgan fingerprint density at radius 1 is 0.361 bits per heavy atom. The molecule has 0 radical (unpaired) electrons. The molecule has 2 heterocycles. The molecule has 0 saturated carbocycles. The third-order valence-electron chi connectivity index (χ3n) is 12.0. The fourth-order valence-electron chi connectivity index (χ4n) is 8.97. The summed E-state index contributed by atoms with van der Waals surface area (Å²) in [7, 11) is 0. The normalized spacial score (nSPS) is 11.6. The van der Waals surface area contributed by atoms with Gasteiger partial charge in [0.25, 0.3) is 0 Å². The predicted octanol–water partition coefficient (Wildman–Crippen LogP) is 15.7. The van der Waals surface area contributed by atoms with Crippen molar-refractivity contribution in [3.8, 4) is 39.4 Å². The molecule has 12 aromatic rings. The zero-order chi connectivity index (χ0) is 40.3. The number of oxazole rings is 1. The first-order valence-electron chi connectivity index (χ1n) is 20.7. The molecule has 0 spiro atoms. The average Bonchev–Trinajstić information content (AvgIpc) is 3.92. The number of anilines is 3. The molecule has 0 unspecified atom stereocenters. The van der Waals surface area contributed by atoms with Crippen LogP contribution in [0, 0.1) is 0 Å². The highest BCUT2D eigenvalue weighted by atomic mass is 16.3. The summed E-state index contributed by atoms with van der Waals surface area (Å²) in [4.78, 5) is 7.34. The average molecular weight is 780 g/mol. The van der Waals surface area contributed by atoms with Gasteiger partial charge in [-0.15, -0.1) is 0 Å². The maximum atomic E-state index is 6.24. The number of para-hydroxylation sites is 2. The van der Waals surface area contributed by atoms with Gasteiger partial charge >= 0.3 is 0 Å². The van der Waals surface area contributed by atoms with Gasteiger partial charge in [-0.2, -0.15) is 0 Å². The second kappa shape index (κ2) is 14.3. The van der Waals surface area contributed by atoms with E-state index in [9.17, 15) is 0 Å². The minimum absolute atomic E-state index is 0.630. The summed E-state index contributed by atoms with van der Waals surface area (Å²) in [5, 5.41) is 7.13. The Morgan fingerprint density at radius 2 is 0.934 bits per heavy atom. The number of aromatic nitrogens is 2. The highest BCUT2D eigenvalue weighted by Crippen LogP contribution is 2.41. The molecule has 4 heteroatoms. The van der Waals surface area contributed by atoms with Gasteiger partial charge in [-0.1, -0.05) is 140 Å². The standard InChI is InChI=1S/C57H37N3O/c1-3-12-42(13-4-1)57-58-56-52-36-45(22-20-41(52)27-34-55(56)61-57)40-25-30-48(31-26-40)59(47-28-23-39(24-29-47)44-21-19-38-11-7-8-14-43(38)35-44)49-32-33-51-50-17-9-10-18-53(50)60(54(51)37-49)46-15-5-2-6-16-46/h1-37H. The molecular weight excluding hydrogens is 743 g/mol. The third-order valence-corrected chi connectivity index (χ3v) is 12.0. The van der Waals surface area contributed by atoms with Crippen LogP contribution in [0.1, 0.15) is 0 Å². The van der Waals surface area contributed by atoms with Crippen molar-refractivity contribution in [2.75, 3.05) is 4.90 Å². The van der Waals surface area contributed by atoms with Gasteiger partial charge < -0.3 is 13.9 Å². The van der Waals surface area contributed by atoms with Crippen molar-refractivity contribution in [1.29, 1.82) is 0 Å². The Morgan fingerprint density at radius 3 is 1.69 bits per heavy atom. The molecule has 0 amide bonds. The smallest absolute Gasteiger partial charge is 0.227 e. The maximum absolute atomic E-state index is 6.24. The second-order valence-corrected chi connectivity index (χ2v) is 15.6. The quantitative estimate of drug-likeness (QED) is 0.162. The van der Waals surface area contributed by atoms with Crippen LogP contribution >= 0.6 is 0 Å². The van der Waals surface area contributed by atoms with Gasteiger partial charge in [0.2, 0.25) is 5.89 Å². The summed E-state index contributed by atoms with van der Waals surface area (Å²) in [6, 6.07) is 80.2. The number of hydrogen-bond donors (Lipinski definition) is 0. The first-order valence-corrected chi connectivity index (χ1v) is 20.7. The SMILES string of the molecule is c1ccc(-c2nc3c(ccc4ccc(-c5ccc(N(c6ccc(-c7ccc8ccccc8c7)cc6)c6ccc7c8ccccc8n(-c8ccccc8)c7c6)cc5)cc43)o2)cc1. The molecule has 10 aromatic carbocycles. The van der Waals surface area contributed by atoms with Crippen LogP contribution in [0.4, 0.5) is 17.1 Å². The van der Waals surface area contributed by atoms with Crippen LogP contribution in [0.25, 0.3) is 93.8 Å². The molecule has 0 atom stereocenters. The summed E-state index contributed by atoms with van der Waals surface area (Å²) >= 11 is 0. The van der Waals surface area contributed by atoms with E-state index >= 15 is 0 Å². The van der Waals surface area contributed by atoms with E-state index in [-0.39, 0.29) is 0 Å². The van der Waals surface area contributed by atoms with E-state index in [4.69, 9.17) is 9.40 Å². The number of hydrogen-bond acceptors (Lipinski definition) is 3. The van der Waals surface area contributed by atoms with Crippen LogP contribution in [-0.2, 0) is 0 Å². The lowest BCUT2D eigenvalue weighted by atomic mass is 9.99. The van der Waals surface area contributed by atoms with Crippen LogP contribution in [0.2, 0.25) is 0 Å². The summed E-state index contributed by atoms with van der Waals surface area (Å²) in [5.41, 5.74) is 13.9. The van der Waals surface area contributed by atoms with Crippen molar-refractivity contribution in [2.24, 2.45) is 0 Å². The summed E-state index contributed by atoms with van der Waals surface area (Å²) < 4.78 is 8.62. The zero-order valence-electron chi connectivity index (χ0n) is 33.1. The van der Waals surface area contributed by atoms with Gasteiger partial charge in [-0.25, -0.2) is 4.98 Å². The van der Waals surface area contributed by atoms with Crippen molar-refractivity contribution in [3.63, 3.8) is 0 Å². The largest absolute Gasteiger partial charge is 0.436 e. The lowest BCUT2D eigenvalue weighted by Gasteiger charge is -2.26. The van der Waals surface area contributed by atoms with Crippen LogP contribution < -0.4 is 4.90 Å². The van der Waals surface area contributed by atoms with Crippen molar-refractivity contribution < 1.29 is 4.42 Å². The summed E-state index contributed by atoms with van der Waals surface area (Å²) in [6.07, 6.45) is 0. The predicted molar refractivity (Wildman–Crippen MR) is 254 cm³/mol. The monoisotopic (exact) mass is 779 g/mol. The lowest BCUT2D eigenvalue weighted by molar-refractivity contribution is 0.620. The highest BCUT2D eigenvalue weighted by molar-refractivity contribution is 6.10. The third kappa shape index (κ3) is 6.04. The van der Waals surface area contributed by atoms with Gasteiger partial charge in [0.1, 0.15) is 5.52 Å². The van der Waals surface area contributed by atoms with E-state index < -0.39 is 0 Å². The minimum atomic E-state index is 0.630. The van der Waals surface area contributed by atoms with E-state index in [2.05, 4.69) is 198 Å². The fraction of sp³-hybridized carbons (Fsp3) is 0. The first kappa shape index (κ1) is 34.8. The highest BCUT2D eigenvalue weighted by Gasteiger charge is 2.19. The van der Waals surface area contributed by atoms with E-state index in [1.165, 1.54) is 38.2 Å². The molecule has 4 nitrogen and oxygen atoms in total. The molecule has 0 aliphatic rings. The summed E-state index contributed by atoms with van der Waals surface area (Å²) in [5.74, 6) is 0.630. The molecule has 0 bridgehead atoms. The van der Waals surface area contributed by atoms with Gasteiger partial charge in [-0.05, 0) is 123 Å². The molecule has 0 saturated heterocycles. The van der Waals surface area contributed by atoms with E-state index in [1.54, 1.807) is 0 Å². The van der Waals surface area contributed by atoms with Crippen LogP contribution in [0.3, 0.4) is 0 Å². The second-order valence-electron chi connectivity index (χ2n) is 15.6. The van der Waals surface area contributed by atoms with Crippen molar-refractivity contribution >= 4 is 71.5 Å². The minimum Gasteiger partial charge on any atom is -0.436 e. The number of fused-ring (bicyclic) bond motifs is 7. The fourth-order valence-corrected chi connectivity index (χ4v) is 8.97. The number of benzene rings is 10. The van der Waals surface area contributed by atoms with E-state index in [0.717, 1.165) is 66.8 Å². The Labute approximate surface area is 352 Å². The van der Waals surface area contributed by atoms with Crippen molar-refractivity contribution in [1.82, 2.24) is 9.55 Å². The molecule has 0 N–H and O–H groups in total. The molecule has 0 aliphatic heterocycles. The zero-order valence-corrected chi connectivity index (χ0v) is 33.1. The molecule has 0 fully saturated rings. The lowest BCUT2D eigenvalue weighted by Crippen LogP contribution is -2.10. The van der Waals surface area contributed by atoms with Gasteiger partial charge in [-0.3, -0.25) is 0 Å². The molecule has 12 rings (SSSR count). The van der Waals surface area contributed by atoms with E-state index in [0.29, 0.717) is 5.89 Å². The number of rotatable bonds is 7. The molecule has 0 aliphatic carbocycles. The van der Waals surface area contributed by atoms with Gasteiger partial charge in [0, 0.05) is 44.5 Å². The first-order chi connectivity index (χ1) is 30.2. The molecule has 2 aromatic heterocycles. The molecular formula is C57H37N3O.